The number of nitrogens with one attached hydrogen (secondary N) is 1. The Labute approximate surface area is 142 Å². The largest absolute Gasteiger partial charge is 0.367 e. The van der Waals surface area contributed by atoms with Crippen molar-refractivity contribution in [1.29, 1.82) is 0 Å². The van der Waals surface area contributed by atoms with Crippen LogP contribution >= 0.6 is 0 Å². The van der Waals surface area contributed by atoms with Gasteiger partial charge in [-0.05, 0) is 24.3 Å². The molecule has 1 aliphatic rings. The van der Waals surface area contributed by atoms with Gasteiger partial charge in [-0.1, -0.05) is 6.07 Å². The first-order valence-electron chi connectivity index (χ1n) is 8.04. The number of nitrogens with zero attached hydrogens (tertiary/aromatic N) is 5. The molecular weight excluding hydrogens is 326 g/mol. The summed E-state index contributed by atoms with van der Waals surface area (Å²) < 4.78 is 28.1. The maximum atomic E-state index is 14.1. The minimum absolute atomic E-state index is 0.122. The highest BCUT2D eigenvalue weighted by Crippen LogP contribution is 2.27. The number of benzene rings is 1. The number of alkyl halides is 1. The number of anilines is 2. The summed E-state index contributed by atoms with van der Waals surface area (Å²) in [5.74, 6) is 0.652. The molecule has 0 unspecified atom stereocenters. The van der Waals surface area contributed by atoms with E-state index < -0.39 is 6.17 Å². The number of halogens is 2. The SMILES string of the molecule is Fc1cccc2ncnc(NC[C@@H]3C[C@H](F)CN3c3cccnn3)c12. The molecular formula is C17H16F2N6. The first-order valence-corrected chi connectivity index (χ1v) is 8.04. The molecule has 2 aromatic heterocycles. The van der Waals surface area contributed by atoms with E-state index >= 15 is 0 Å². The van der Waals surface area contributed by atoms with E-state index in [1.165, 1.54) is 12.4 Å². The molecule has 0 aliphatic carbocycles. The lowest BCUT2D eigenvalue weighted by Crippen LogP contribution is -2.35. The third-order valence-electron chi connectivity index (χ3n) is 4.33. The van der Waals surface area contributed by atoms with Gasteiger partial charge in [0.25, 0.3) is 0 Å². The maximum Gasteiger partial charge on any atom is 0.151 e. The molecule has 1 N–H and O–H groups in total. The van der Waals surface area contributed by atoms with Crippen molar-refractivity contribution >= 4 is 22.5 Å². The summed E-state index contributed by atoms with van der Waals surface area (Å²) >= 11 is 0. The van der Waals surface area contributed by atoms with Gasteiger partial charge >= 0.3 is 0 Å². The molecule has 3 aromatic rings. The molecule has 6 nitrogen and oxygen atoms in total. The molecule has 1 aromatic carbocycles. The molecule has 3 heterocycles. The minimum atomic E-state index is -0.937. The molecule has 1 aliphatic heterocycles. The summed E-state index contributed by atoms with van der Waals surface area (Å²) in [6.07, 6.45) is 2.40. The van der Waals surface area contributed by atoms with E-state index in [0.29, 0.717) is 35.5 Å². The fraction of sp³-hybridized carbons (Fsp3) is 0.294. The van der Waals surface area contributed by atoms with Gasteiger partial charge in [-0.3, -0.25) is 0 Å². The van der Waals surface area contributed by atoms with Gasteiger partial charge < -0.3 is 10.2 Å². The average molecular weight is 342 g/mol. The highest BCUT2D eigenvalue weighted by molar-refractivity contribution is 5.89. The monoisotopic (exact) mass is 342 g/mol. The van der Waals surface area contributed by atoms with Crippen molar-refractivity contribution in [2.75, 3.05) is 23.3 Å². The Hall–Kier alpha value is -2.90. The Morgan fingerprint density at radius 1 is 1.20 bits per heavy atom. The Morgan fingerprint density at radius 3 is 2.96 bits per heavy atom. The molecule has 0 radical (unpaired) electrons. The van der Waals surface area contributed by atoms with Crippen LogP contribution in [-0.4, -0.2) is 45.5 Å². The van der Waals surface area contributed by atoms with Crippen LogP contribution in [0.5, 0.6) is 0 Å². The highest BCUT2D eigenvalue weighted by atomic mass is 19.1. The number of hydrogen-bond acceptors (Lipinski definition) is 6. The second kappa shape index (κ2) is 6.54. The standard InChI is InChI=1S/C17H16F2N6/c18-11-7-12(25(9-11)15-5-2-6-23-24-15)8-20-17-16-13(19)3-1-4-14(16)21-10-22-17/h1-6,10-12H,7-9H2,(H,20,21,22)/t11-,12-/m0/s1. The van der Waals surface area contributed by atoms with E-state index in [0.717, 1.165) is 0 Å². The van der Waals surface area contributed by atoms with E-state index in [1.54, 1.807) is 30.5 Å². The summed E-state index contributed by atoms with van der Waals surface area (Å²) in [6.45, 7) is 0.682. The summed E-state index contributed by atoms with van der Waals surface area (Å²) in [4.78, 5) is 10.1. The Balaban J connectivity index is 1.57. The quantitative estimate of drug-likeness (QED) is 0.786. The van der Waals surface area contributed by atoms with Crippen LogP contribution in [0, 0.1) is 5.82 Å². The van der Waals surface area contributed by atoms with Gasteiger partial charge in [0.05, 0.1) is 23.5 Å². The second-order valence-electron chi connectivity index (χ2n) is 5.96. The smallest absolute Gasteiger partial charge is 0.151 e. The van der Waals surface area contributed by atoms with Crippen molar-refractivity contribution in [1.82, 2.24) is 20.2 Å². The van der Waals surface area contributed by atoms with Crippen molar-refractivity contribution in [3.63, 3.8) is 0 Å². The maximum absolute atomic E-state index is 14.1. The molecule has 0 saturated carbocycles. The van der Waals surface area contributed by atoms with Crippen LogP contribution in [0.4, 0.5) is 20.4 Å². The van der Waals surface area contributed by atoms with Gasteiger partial charge in [0.15, 0.2) is 5.82 Å². The zero-order valence-corrected chi connectivity index (χ0v) is 13.3. The molecule has 0 bridgehead atoms. The van der Waals surface area contributed by atoms with Gasteiger partial charge in [0.2, 0.25) is 0 Å². The van der Waals surface area contributed by atoms with Gasteiger partial charge in [-0.2, -0.15) is 5.10 Å². The summed E-state index contributed by atoms with van der Waals surface area (Å²) in [5, 5.41) is 11.4. The first kappa shape index (κ1) is 15.6. The highest BCUT2D eigenvalue weighted by Gasteiger charge is 2.33. The van der Waals surface area contributed by atoms with Gasteiger partial charge in [-0.15, -0.1) is 5.10 Å². The molecule has 4 rings (SSSR count). The molecule has 128 valence electrons. The van der Waals surface area contributed by atoms with E-state index in [4.69, 9.17) is 0 Å². The average Bonchev–Trinajstić information content (AvgIpc) is 3.01. The van der Waals surface area contributed by atoms with Gasteiger partial charge in [0.1, 0.15) is 24.1 Å². The third kappa shape index (κ3) is 3.07. The number of fused-ring (bicyclic) bond motifs is 1. The molecule has 1 saturated heterocycles. The van der Waals surface area contributed by atoms with Crippen LogP contribution in [0.2, 0.25) is 0 Å². The van der Waals surface area contributed by atoms with Gasteiger partial charge in [0, 0.05) is 19.2 Å². The second-order valence-corrected chi connectivity index (χ2v) is 5.96. The molecule has 0 amide bonds. The number of aromatic nitrogens is 4. The molecule has 1 fully saturated rings. The van der Waals surface area contributed by atoms with E-state index in [-0.39, 0.29) is 18.4 Å². The van der Waals surface area contributed by atoms with Crippen molar-refractivity contribution in [2.24, 2.45) is 0 Å². The topological polar surface area (TPSA) is 66.8 Å². The van der Waals surface area contributed by atoms with Crippen LogP contribution in [0.15, 0.2) is 42.9 Å². The predicted octanol–water partition coefficient (Wildman–Crippen LogP) is 2.59. The van der Waals surface area contributed by atoms with Crippen LogP contribution in [0.25, 0.3) is 10.9 Å². The van der Waals surface area contributed by atoms with E-state index in [1.807, 2.05) is 4.90 Å². The summed E-state index contributed by atoms with van der Waals surface area (Å²) in [5.41, 5.74) is 0.526. The zero-order chi connectivity index (χ0) is 17.2. The van der Waals surface area contributed by atoms with Crippen molar-refractivity contribution in [3.05, 3.63) is 48.7 Å². The van der Waals surface area contributed by atoms with E-state index in [9.17, 15) is 8.78 Å². The Kier molecular flexibility index (Phi) is 4.09. The van der Waals surface area contributed by atoms with Crippen molar-refractivity contribution < 1.29 is 8.78 Å². The minimum Gasteiger partial charge on any atom is -0.367 e. The lowest BCUT2D eigenvalue weighted by atomic mass is 10.2. The normalized spacial score (nSPS) is 20.2. The molecule has 2 atom stereocenters. The summed E-state index contributed by atoms with van der Waals surface area (Å²) in [7, 11) is 0. The molecule has 0 spiro atoms. The predicted molar refractivity (Wildman–Crippen MR) is 90.7 cm³/mol. The van der Waals surface area contributed by atoms with Crippen LogP contribution in [0.1, 0.15) is 6.42 Å². The zero-order valence-electron chi connectivity index (χ0n) is 13.3. The van der Waals surface area contributed by atoms with Crippen LogP contribution in [0.3, 0.4) is 0 Å². The van der Waals surface area contributed by atoms with Gasteiger partial charge in [-0.25, -0.2) is 18.7 Å². The fourth-order valence-electron chi connectivity index (χ4n) is 3.20. The first-order chi connectivity index (χ1) is 12.2. The third-order valence-corrected chi connectivity index (χ3v) is 4.33. The molecule has 8 heteroatoms. The van der Waals surface area contributed by atoms with Crippen LogP contribution < -0.4 is 10.2 Å². The lowest BCUT2D eigenvalue weighted by molar-refractivity contribution is 0.357. The van der Waals surface area contributed by atoms with E-state index in [2.05, 4.69) is 25.5 Å². The summed E-state index contributed by atoms with van der Waals surface area (Å²) in [6, 6.07) is 8.15. The number of hydrogen-bond donors (Lipinski definition) is 1. The van der Waals surface area contributed by atoms with Crippen LogP contribution in [-0.2, 0) is 0 Å². The van der Waals surface area contributed by atoms with Crippen molar-refractivity contribution in [2.45, 2.75) is 18.6 Å². The fourth-order valence-corrected chi connectivity index (χ4v) is 3.20. The Morgan fingerprint density at radius 2 is 2.12 bits per heavy atom. The molecule has 25 heavy (non-hydrogen) atoms. The lowest BCUT2D eigenvalue weighted by Gasteiger charge is -2.25. The number of rotatable bonds is 4. The van der Waals surface area contributed by atoms with Crippen molar-refractivity contribution in [3.8, 4) is 0 Å². The Bertz CT molecular complexity index is 870.